The highest BCUT2D eigenvalue weighted by atomic mass is 16.2. The van der Waals surface area contributed by atoms with E-state index in [0.717, 1.165) is 12.8 Å². The zero-order chi connectivity index (χ0) is 16.4. The van der Waals surface area contributed by atoms with E-state index in [4.69, 9.17) is 0 Å². The van der Waals surface area contributed by atoms with Crippen LogP contribution in [0.1, 0.15) is 47.0 Å². The van der Waals surface area contributed by atoms with Crippen LogP contribution in [-0.4, -0.2) is 37.4 Å². The average Bonchev–Trinajstić information content (AvgIpc) is 2.43. The zero-order valence-electron chi connectivity index (χ0n) is 13.8. The third kappa shape index (κ3) is 8.32. The first-order chi connectivity index (χ1) is 9.81. The molecule has 122 valence electrons. The van der Waals surface area contributed by atoms with Crippen molar-refractivity contribution in [1.82, 2.24) is 16.0 Å². The number of carbonyl (C=O) groups is 3. The first-order valence-electron chi connectivity index (χ1n) is 7.60. The molecule has 3 N–H and O–H groups in total. The quantitative estimate of drug-likeness (QED) is 0.589. The first kappa shape index (κ1) is 19.4. The van der Waals surface area contributed by atoms with Gasteiger partial charge in [0, 0.05) is 13.0 Å². The Morgan fingerprint density at radius 2 is 1.67 bits per heavy atom. The van der Waals surface area contributed by atoms with Crippen molar-refractivity contribution < 1.29 is 14.4 Å². The van der Waals surface area contributed by atoms with Crippen molar-refractivity contribution in [2.45, 2.75) is 53.0 Å². The molecule has 0 saturated heterocycles. The van der Waals surface area contributed by atoms with Gasteiger partial charge in [-0.05, 0) is 18.8 Å². The number of nitrogens with one attached hydrogen (secondary N) is 3. The van der Waals surface area contributed by atoms with Gasteiger partial charge in [-0.25, -0.2) is 0 Å². The number of hydrogen-bond acceptors (Lipinski definition) is 3. The molecule has 2 unspecified atom stereocenters. The molecular formula is C15H29N3O3. The fourth-order valence-corrected chi connectivity index (χ4v) is 1.96. The highest BCUT2D eigenvalue weighted by Crippen LogP contribution is 2.09. The van der Waals surface area contributed by atoms with E-state index in [1.165, 1.54) is 7.05 Å². The fraction of sp³-hybridized carbons (Fsp3) is 0.800. The number of hydrogen-bond donors (Lipinski definition) is 3. The van der Waals surface area contributed by atoms with Crippen LogP contribution < -0.4 is 16.0 Å². The second-order valence-corrected chi connectivity index (χ2v) is 5.77. The Kier molecular flexibility index (Phi) is 9.41. The summed E-state index contributed by atoms with van der Waals surface area (Å²) in [5.74, 6) is -0.543. The molecule has 2 atom stereocenters. The van der Waals surface area contributed by atoms with Crippen molar-refractivity contribution in [3.63, 3.8) is 0 Å². The highest BCUT2D eigenvalue weighted by molar-refractivity contribution is 5.90. The molecule has 0 aliphatic heterocycles. The van der Waals surface area contributed by atoms with Gasteiger partial charge in [-0.3, -0.25) is 14.4 Å². The van der Waals surface area contributed by atoms with Gasteiger partial charge in [0.25, 0.3) is 0 Å². The van der Waals surface area contributed by atoms with Gasteiger partial charge >= 0.3 is 0 Å². The number of amides is 3. The standard InChI is InChI=1S/C15H29N3O3/c1-6-7-11(4)14(20)18-12(8-10(2)3)15(21)17-9-13(19)16-5/h10-12H,6-9H2,1-5H3,(H,16,19)(H,17,21)(H,18,20). The van der Waals surface area contributed by atoms with Crippen LogP contribution in [0.4, 0.5) is 0 Å². The van der Waals surface area contributed by atoms with Crippen LogP contribution in [0, 0.1) is 11.8 Å². The molecular weight excluding hydrogens is 270 g/mol. The summed E-state index contributed by atoms with van der Waals surface area (Å²) in [7, 11) is 1.51. The van der Waals surface area contributed by atoms with Gasteiger partial charge in [0.15, 0.2) is 0 Å². The summed E-state index contributed by atoms with van der Waals surface area (Å²) in [6.07, 6.45) is 2.26. The molecule has 0 aromatic rings. The predicted molar refractivity (Wildman–Crippen MR) is 82.5 cm³/mol. The van der Waals surface area contributed by atoms with E-state index >= 15 is 0 Å². The van der Waals surface area contributed by atoms with Gasteiger partial charge in [0.05, 0.1) is 6.54 Å². The van der Waals surface area contributed by atoms with Crippen LogP contribution in [-0.2, 0) is 14.4 Å². The van der Waals surface area contributed by atoms with E-state index in [1.807, 2.05) is 27.7 Å². The van der Waals surface area contributed by atoms with Crippen LogP contribution in [0.25, 0.3) is 0 Å². The van der Waals surface area contributed by atoms with Crippen molar-refractivity contribution in [3.05, 3.63) is 0 Å². The molecule has 6 nitrogen and oxygen atoms in total. The Morgan fingerprint density at radius 1 is 1.05 bits per heavy atom. The summed E-state index contributed by atoms with van der Waals surface area (Å²) in [5.41, 5.74) is 0. The molecule has 0 aliphatic carbocycles. The number of likely N-dealkylation sites (N-methyl/N-ethyl adjacent to an activating group) is 1. The maximum atomic E-state index is 12.1. The summed E-state index contributed by atoms with van der Waals surface area (Å²) in [6.45, 7) is 7.77. The molecule has 0 rings (SSSR count). The molecule has 6 heteroatoms. The smallest absolute Gasteiger partial charge is 0.243 e. The summed E-state index contributed by atoms with van der Waals surface area (Å²) < 4.78 is 0. The minimum atomic E-state index is -0.596. The van der Waals surface area contributed by atoms with E-state index in [9.17, 15) is 14.4 Å². The Balaban J connectivity index is 4.60. The third-order valence-corrected chi connectivity index (χ3v) is 3.21. The van der Waals surface area contributed by atoms with Crippen molar-refractivity contribution >= 4 is 17.7 Å². The lowest BCUT2D eigenvalue weighted by molar-refractivity contribution is -0.132. The monoisotopic (exact) mass is 299 g/mol. The lowest BCUT2D eigenvalue weighted by atomic mass is 10.0. The molecule has 0 heterocycles. The maximum Gasteiger partial charge on any atom is 0.243 e. The van der Waals surface area contributed by atoms with E-state index in [0.29, 0.717) is 6.42 Å². The third-order valence-electron chi connectivity index (χ3n) is 3.21. The van der Waals surface area contributed by atoms with Gasteiger partial charge < -0.3 is 16.0 Å². The normalized spacial score (nSPS) is 13.4. The second kappa shape index (κ2) is 10.2. The summed E-state index contributed by atoms with van der Waals surface area (Å²) in [5, 5.41) is 7.78. The van der Waals surface area contributed by atoms with E-state index < -0.39 is 6.04 Å². The van der Waals surface area contributed by atoms with Crippen molar-refractivity contribution in [1.29, 1.82) is 0 Å². The van der Waals surface area contributed by atoms with Gasteiger partial charge in [0.1, 0.15) is 6.04 Å². The topological polar surface area (TPSA) is 87.3 Å². The van der Waals surface area contributed by atoms with Crippen molar-refractivity contribution in [2.75, 3.05) is 13.6 Å². The number of carbonyl (C=O) groups excluding carboxylic acids is 3. The van der Waals surface area contributed by atoms with Gasteiger partial charge in [-0.2, -0.15) is 0 Å². The molecule has 0 aromatic heterocycles. The van der Waals surface area contributed by atoms with Crippen LogP contribution in [0.5, 0.6) is 0 Å². The van der Waals surface area contributed by atoms with Gasteiger partial charge in [0.2, 0.25) is 17.7 Å². The fourth-order valence-electron chi connectivity index (χ4n) is 1.96. The van der Waals surface area contributed by atoms with Crippen LogP contribution in [0.3, 0.4) is 0 Å². The molecule has 0 aliphatic rings. The Morgan fingerprint density at radius 3 is 2.14 bits per heavy atom. The minimum absolute atomic E-state index is 0.0791. The van der Waals surface area contributed by atoms with E-state index in [1.54, 1.807) is 0 Å². The molecule has 0 radical (unpaired) electrons. The van der Waals surface area contributed by atoms with E-state index in [-0.39, 0.29) is 36.1 Å². The van der Waals surface area contributed by atoms with Crippen molar-refractivity contribution in [3.8, 4) is 0 Å². The Labute approximate surface area is 127 Å². The second-order valence-electron chi connectivity index (χ2n) is 5.77. The van der Waals surface area contributed by atoms with Crippen LogP contribution in [0.2, 0.25) is 0 Å². The molecule has 21 heavy (non-hydrogen) atoms. The largest absolute Gasteiger partial charge is 0.358 e. The van der Waals surface area contributed by atoms with Crippen LogP contribution >= 0.6 is 0 Å². The van der Waals surface area contributed by atoms with Gasteiger partial charge in [-0.15, -0.1) is 0 Å². The summed E-state index contributed by atoms with van der Waals surface area (Å²) in [6, 6.07) is -0.596. The van der Waals surface area contributed by atoms with E-state index in [2.05, 4.69) is 16.0 Å². The first-order valence-corrected chi connectivity index (χ1v) is 7.60. The molecule has 0 spiro atoms. The maximum absolute atomic E-state index is 12.1. The summed E-state index contributed by atoms with van der Waals surface area (Å²) in [4.78, 5) is 35.3. The molecule has 0 aromatic carbocycles. The summed E-state index contributed by atoms with van der Waals surface area (Å²) >= 11 is 0. The highest BCUT2D eigenvalue weighted by Gasteiger charge is 2.24. The molecule has 0 fully saturated rings. The lowest BCUT2D eigenvalue weighted by Crippen LogP contribution is -2.50. The van der Waals surface area contributed by atoms with Gasteiger partial charge in [-0.1, -0.05) is 34.1 Å². The SMILES string of the molecule is CCCC(C)C(=O)NC(CC(C)C)C(=O)NCC(=O)NC. The zero-order valence-corrected chi connectivity index (χ0v) is 13.8. The predicted octanol–water partition coefficient (Wildman–Crippen LogP) is 0.816. The Bertz CT molecular complexity index is 356. The average molecular weight is 299 g/mol. The lowest BCUT2D eigenvalue weighted by Gasteiger charge is -2.22. The molecule has 0 bridgehead atoms. The Hall–Kier alpha value is -1.59. The minimum Gasteiger partial charge on any atom is -0.358 e. The van der Waals surface area contributed by atoms with Crippen LogP contribution in [0.15, 0.2) is 0 Å². The number of rotatable bonds is 9. The molecule has 3 amide bonds. The van der Waals surface area contributed by atoms with Crippen molar-refractivity contribution in [2.24, 2.45) is 11.8 Å². The molecule has 0 saturated carbocycles.